The van der Waals surface area contributed by atoms with Gasteiger partial charge in [-0.1, -0.05) is 6.92 Å². The Labute approximate surface area is 127 Å². The van der Waals surface area contributed by atoms with E-state index in [1.165, 1.54) is 0 Å². The number of hydrogen-bond acceptors (Lipinski definition) is 5. The molecule has 1 N–H and O–H groups in total. The molecule has 0 aliphatic heterocycles. The van der Waals surface area contributed by atoms with Crippen LogP contribution in [-0.2, 0) is 13.6 Å². The van der Waals surface area contributed by atoms with E-state index in [4.69, 9.17) is 4.74 Å². The zero-order valence-electron chi connectivity index (χ0n) is 12.7. The van der Waals surface area contributed by atoms with Gasteiger partial charge in [-0.15, -0.1) is 11.3 Å². The second-order valence-corrected chi connectivity index (χ2v) is 5.80. The maximum Gasteiger partial charge on any atom is 0.243 e. The number of thiazole rings is 1. The molecule has 3 rings (SSSR count). The van der Waals surface area contributed by atoms with Crippen LogP contribution in [0.25, 0.3) is 4.96 Å². The van der Waals surface area contributed by atoms with Crippen LogP contribution in [0.4, 0.5) is 0 Å². The first-order valence-corrected chi connectivity index (χ1v) is 7.83. The molecular formula is C14H19N5OS. The normalized spacial score (nSPS) is 11.4. The first-order valence-electron chi connectivity index (χ1n) is 6.95. The van der Waals surface area contributed by atoms with Crippen LogP contribution < -0.4 is 10.1 Å². The lowest BCUT2D eigenvalue weighted by molar-refractivity contribution is 0.448. The summed E-state index contributed by atoms with van der Waals surface area (Å²) >= 11 is 1.60. The molecule has 0 aromatic carbocycles. The number of fused-ring (bicyclic) bond motifs is 1. The van der Waals surface area contributed by atoms with Crippen LogP contribution in [0.15, 0.2) is 11.6 Å². The number of aromatic nitrogens is 4. The minimum absolute atomic E-state index is 0.655. The quantitative estimate of drug-likeness (QED) is 0.787. The molecule has 112 valence electrons. The third-order valence-corrected chi connectivity index (χ3v) is 4.26. The topological polar surface area (TPSA) is 56.4 Å². The number of hydrogen-bond donors (Lipinski definition) is 1. The molecule has 0 radical (unpaired) electrons. The average Bonchev–Trinajstić information content (AvgIpc) is 3.08. The van der Waals surface area contributed by atoms with Crippen molar-refractivity contribution < 1.29 is 4.74 Å². The highest BCUT2D eigenvalue weighted by molar-refractivity contribution is 7.15. The third-order valence-electron chi connectivity index (χ3n) is 3.51. The van der Waals surface area contributed by atoms with Gasteiger partial charge in [0.2, 0.25) is 5.88 Å². The van der Waals surface area contributed by atoms with Gasteiger partial charge in [0.05, 0.1) is 5.69 Å². The van der Waals surface area contributed by atoms with Gasteiger partial charge in [0, 0.05) is 25.2 Å². The zero-order chi connectivity index (χ0) is 15.0. The molecule has 21 heavy (non-hydrogen) atoms. The van der Waals surface area contributed by atoms with Crippen molar-refractivity contribution in [2.24, 2.45) is 7.05 Å². The maximum absolute atomic E-state index is 6.08. The monoisotopic (exact) mass is 305 g/mol. The van der Waals surface area contributed by atoms with Crippen molar-refractivity contribution >= 4 is 16.3 Å². The molecule has 0 aliphatic carbocycles. The summed E-state index contributed by atoms with van der Waals surface area (Å²) < 4.78 is 9.98. The summed E-state index contributed by atoms with van der Waals surface area (Å²) in [6, 6.07) is 0. The van der Waals surface area contributed by atoms with Gasteiger partial charge >= 0.3 is 0 Å². The Kier molecular flexibility index (Phi) is 3.69. The van der Waals surface area contributed by atoms with Crippen LogP contribution >= 0.6 is 11.3 Å². The van der Waals surface area contributed by atoms with Crippen molar-refractivity contribution in [1.29, 1.82) is 0 Å². The van der Waals surface area contributed by atoms with E-state index in [0.29, 0.717) is 5.88 Å². The molecule has 6 nitrogen and oxygen atoms in total. The highest BCUT2D eigenvalue weighted by Gasteiger charge is 2.18. The van der Waals surface area contributed by atoms with E-state index >= 15 is 0 Å². The highest BCUT2D eigenvalue weighted by atomic mass is 32.1. The van der Waals surface area contributed by atoms with Crippen LogP contribution in [-0.4, -0.2) is 25.7 Å². The molecule has 0 amide bonds. The summed E-state index contributed by atoms with van der Waals surface area (Å²) in [5.41, 5.74) is 2.91. The molecule has 0 spiro atoms. The Morgan fingerprint density at radius 2 is 2.19 bits per heavy atom. The van der Waals surface area contributed by atoms with E-state index in [1.807, 2.05) is 37.2 Å². The fourth-order valence-electron chi connectivity index (χ4n) is 2.30. The van der Waals surface area contributed by atoms with E-state index in [2.05, 4.69) is 26.7 Å². The minimum atomic E-state index is 0.655. The van der Waals surface area contributed by atoms with Crippen molar-refractivity contribution in [2.45, 2.75) is 27.3 Å². The van der Waals surface area contributed by atoms with E-state index in [9.17, 15) is 0 Å². The van der Waals surface area contributed by atoms with Crippen molar-refractivity contribution in [1.82, 2.24) is 24.5 Å². The first-order chi connectivity index (χ1) is 10.1. The molecule has 0 fully saturated rings. The molecule has 3 aromatic heterocycles. The molecule has 0 bridgehead atoms. The van der Waals surface area contributed by atoms with Crippen LogP contribution in [0.2, 0.25) is 0 Å². The smallest absolute Gasteiger partial charge is 0.243 e. The second-order valence-electron chi connectivity index (χ2n) is 4.93. The molecule has 0 atom stereocenters. The standard InChI is InChI=1S/C14H19N5OS/c1-5-15-8-11-13(16-14-19(11)6-7-21-14)20-12-9(2)17-18(4)10(12)3/h6-7,15H,5,8H2,1-4H3. The van der Waals surface area contributed by atoms with Crippen LogP contribution in [0.5, 0.6) is 11.6 Å². The van der Waals surface area contributed by atoms with E-state index in [-0.39, 0.29) is 0 Å². The second kappa shape index (κ2) is 5.50. The summed E-state index contributed by atoms with van der Waals surface area (Å²) in [5, 5.41) is 9.75. The van der Waals surface area contributed by atoms with Gasteiger partial charge in [0.15, 0.2) is 10.7 Å². The summed E-state index contributed by atoms with van der Waals surface area (Å²) in [6.45, 7) is 7.66. The SMILES string of the molecule is CCNCc1c(Oc2c(C)nn(C)c2C)nc2sccn12. The van der Waals surface area contributed by atoms with Gasteiger partial charge in [-0.05, 0) is 20.4 Å². The molecule has 3 heterocycles. The van der Waals surface area contributed by atoms with Gasteiger partial charge in [-0.2, -0.15) is 10.1 Å². The van der Waals surface area contributed by atoms with Gasteiger partial charge in [-0.25, -0.2) is 0 Å². The van der Waals surface area contributed by atoms with Crippen molar-refractivity contribution in [3.05, 3.63) is 28.7 Å². The van der Waals surface area contributed by atoms with Crippen molar-refractivity contribution in [3.8, 4) is 11.6 Å². The Morgan fingerprint density at radius 3 is 2.86 bits per heavy atom. The number of nitrogens with zero attached hydrogens (tertiary/aromatic N) is 4. The highest BCUT2D eigenvalue weighted by Crippen LogP contribution is 2.31. The Bertz CT molecular complexity index is 770. The van der Waals surface area contributed by atoms with Gasteiger partial charge in [-0.3, -0.25) is 9.08 Å². The zero-order valence-corrected chi connectivity index (χ0v) is 13.5. The predicted molar refractivity (Wildman–Crippen MR) is 83.2 cm³/mol. The summed E-state index contributed by atoms with van der Waals surface area (Å²) in [5.74, 6) is 1.45. The lowest BCUT2D eigenvalue weighted by Crippen LogP contribution is -2.13. The third kappa shape index (κ3) is 2.43. The van der Waals surface area contributed by atoms with Gasteiger partial charge in [0.1, 0.15) is 11.4 Å². The van der Waals surface area contributed by atoms with E-state index in [1.54, 1.807) is 11.3 Å². The average molecular weight is 305 g/mol. The molecule has 0 saturated carbocycles. The number of imidazole rings is 1. The fraction of sp³-hybridized carbons (Fsp3) is 0.429. The summed E-state index contributed by atoms with van der Waals surface area (Å²) in [4.78, 5) is 5.54. The molecule has 0 saturated heterocycles. The largest absolute Gasteiger partial charge is 0.433 e. The van der Waals surface area contributed by atoms with E-state index < -0.39 is 0 Å². The van der Waals surface area contributed by atoms with Crippen LogP contribution in [0, 0.1) is 13.8 Å². The van der Waals surface area contributed by atoms with E-state index in [0.717, 1.165) is 40.9 Å². The van der Waals surface area contributed by atoms with Gasteiger partial charge in [0.25, 0.3) is 0 Å². The van der Waals surface area contributed by atoms with Crippen LogP contribution in [0.3, 0.4) is 0 Å². The van der Waals surface area contributed by atoms with Crippen molar-refractivity contribution in [2.75, 3.05) is 6.54 Å². The Morgan fingerprint density at radius 1 is 1.38 bits per heavy atom. The molecule has 3 aromatic rings. The number of nitrogens with one attached hydrogen (secondary N) is 1. The molecule has 7 heteroatoms. The number of aryl methyl sites for hydroxylation is 2. The molecule has 0 aliphatic rings. The lowest BCUT2D eigenvalue weighted by atomic mass is 10.3. The Balaban J connectivity index is 2.01. The predicted octanol–water partition coefficient (Wildman–Crippen LogP) is 2.65. The fourth-order valence-corrected chi connectivity index (χ4v) is 3.02. The van der Waals surface area contributed by atoms with Crippen LogP contribution in [0.1, 0.15) is 24.0 Å². The maximum atomic E-state index is 6.08. The minimum Gasteiger partial charge on any atom is -0.433 e. The lowest BCUT2D eigenvalue weighted by Gasteiger charge is -2.07. The van der Waals surface area contributed by atoms with Gasteiger partial charge < -0.3 is 10.1 Å². The summed E-state index contributed by atoms with van der Waals surface area (Å²) in [6.07, 6.45) is 2.02. The Hall–Kier alpha value is -1.86. The number of ether oxygens (including phenoxy) is 1. The summed E-state index contributed by atoms with van der Waals surface area (Å²) in [7, 11) is 1.92. The molecule has 0 unspecified atom stereocenters. The first kappa shape index (κ1) is 14.1. The van der Waals surface area contributed by atoms with Crippen molar-refractivity contribution in [3.63, 3.8) is 0 Å². The molecular weight excluding hydrogens is 286 g/mol. The number of rotatable bonds is 5.